The molecule has 0 saturated carbocycles. The van der Waals surface area contributed by atoms with Crippen LogP contribution in [0.4, 0.5) is 0 Å². The maximum atomic E-state index is 13.7. The van der Waals surface area contributed by atoms with E-state index in [4.69, 9.17) is 24.7 Å². The lowest BCUT2D eigenvalue weighted by Gasteiger charge is -2.33. The molecular formula is C26H35N3O5. The number of amides is 1. The van der Waals surface area contributed by atoms with E-state index in [0.29, 0.717) is 40.9 Å². The van der Waals surface area contributed by atoms with E-state index in [1.54, 1.807) is 6.07 Å². The van der Waals surface area contributed by atoms with Gasteiger partial charge in [-0.15, -0.1) is 0 Å². The third-order valence-corrected chi connectivity index (χ3v) is 6.87. The van der Waals surface area contributed by atoms with Crippen LogP contribution in [0.25, 0.3) is 0 Å². The van der Waals surface area contributed by atoms with Crippen LogP contribution in [0.1, 0.15) is 35.2 Å². The number of nitrogens with two attached hydrogens (primary N) is 1. The number of rotatable bonds is 8. The lowest BCUT2D eigenvalue weighted by Crippen LogP contribution is -2.42. The summed E-state index contributed by atoms with van der Waals surface area (Å²) in [7, 11) is 4.59. The van der Waals surface area contributed by atoms with Gasteiger partial charge in [-0.05, 0) is 56.5 Å². The molecule has 2 heterocycles. The van der Waals surface area contributed by atoms with Gasteiger partial charge in [0.05, 0.1) is 26.9 Å². The summed E-state index contributed by atoms with van der Waals surface area (Å²) in [6.45, 7) is 4.04. The van der Waals surface area contributed by atoms with Gasteiger partial charge in [0.15, 0.2) is 11.5 Å². The molecule has 1 atom stereocenters. The molecule has 1 unspecified atom stereocenters. The minimum atomic E-state index is -0.0941. The third kappa shape index (κ3) is 4.79. The molecule has 1 amide bonds. The first kappa shape index (κ1) is 24.2. The molecule has 0 aliphatic carbocycles. The maximum absolute atomic E-state index is 13.7. The van der Waals surface area contributed by atoms with Crippen LogP contribution in [0.15, 0.2) is 30.3 Å². The molecule has 8 nitrogen and oxygen atoms in total. The van der Waals surface area contributed by atoms with E-state index in [0.717, 1.165) is 57.4 Å². The molecule has 2 aromatic carbocycles. The quantitative estimate of drug-likeness (QED) is 0.613. The summed E-state index contributed by atoms with van der Waals surface area (Å²) in [5, 5.41) is 3.49. The first-order valence-electron chi connectivity index (χ1n) is 11.8. The fourth-order valence-corrected chi connectivity index (χ4v) is 5.09. The highest BCUT2D eigenvalue weighted by Gasteiger charge is 2.41. The van der Waals surface area contributed by atoms with Gasteiger partial charge in [0.2, 0.25) is 11.5 Å². The molecule has 2 aliphatic heterocycles. The Bertz CT molecular complexity index is 1000. The van der Waals surface area contributed by atoms with Crippen molar-refractivity contribution in [2.24, 2.45) is 11.1 Å². The zero-order valence-electron chi connectivity index (χ0n) is 20.3. The van der Waals surface area contributed by atoms with Gasteiger partial charge in [-0.2, -0.15) is 0 Å². The van der Waals surface area contributed by atoms with Crippen LogP contribution in [0.5, 0.6) is 28.7 Å². The van der Waals surface area contributed by atoms with Crippen LogP contribution in [0.3, 0.4) is 0 Å². The second-order valence-corrected chi connectivity index (χ2v) is 9.06. The number of benzene rings is 2. The van der Waals surface area contributed by atoms with Crippen molar-refractivity contribution in [2.75, 3.05) is 54.1 Å². The molecule has 8 heteroatoms. The molecule has 34 heavy (non-hydrogen) atoms. The molecule has 0 aromatic heterocycles. The molecule has 3 N–H and O–H groups in total. The number of carbonyl (C=O) groups excluding carboxylic acids is 1. The number of hydrogen-bond acceptors (Lipinski definition) is 7. The number of nitrogens with zero attached hydrogens (tertiary/aromatic N) is 1. The Morgan fingerprint density at radius 2 is 1.79 bits per heavy atom. The van der Waals surface area contributed by atoms with E-state index in [-0.39, 0.29) is 11.3 Å². The van der Waals surface area contributed by atoms with E-state index < -0.39 is 0 Å². The average molecular weight is 470 g/mol. The molecule has 1 spiro atoms. The zero-order chi connectivity index (χ0) is 24.1. The molecule has 2 saturated heterocycles. The van der Waals surface area contributed by atoms with Gasteiger partial charge in [0.1, 0.15) is 5.75 Å². The number of methoxy groups -OCH3 is 3. The van der Waals surface area contributed by atoms with Crippen molar-refractivity contribution in [2.45, 2.75) is 25.7 Å². The molecular weight excluding hydrogens is 434 g/mol. The maximum Gasteiger partial charge on any atom is 0.257 e. The van der Waals surface area contributed by atoms with Crippen molar-refractivity contribution >= 4 is 5.91 Å². The van der Waals surface area contributed by atoms with Crippen molar-refractivity contribution in [1.82, 2.24) is 10.2 Å². The SMILES string of the molecule is COc1c(Oc2ccc(CCN)cc2)cc(C(=O)N2CCC3(CCCNC3)C2)c(OC)c1OC. The van der Waals surface area contributed by atoms with Gasteiger partial charge >= 0.3 is 0 Å². The van der Waals surface area contributed by atoms with Gasteiger partial charge in [-0.25, -0.2) is 0 Å². The van der Waals surface area contributed by atoms with Crippen molar-refractivity contribution in [3.63, 3.8) is 0 Å². The molecule has 2 aliphatic rings. The molecule has 2 aromatic rings. The Balaban J connectivity index is 1.67. The number of nitrogens with one attached hydrogen (secondary N) is 1. The second-order valence-electron chi connectivity index (χ2n) is 9.06. The highest BCUT2D eigenvalue weighted by atomic mass is 16.5. The summed E-state index contributed by atoms with van der Waals surface area (Å²) in [6.07, 6.45) is 4.08. The van der Waals surface area contributed by atoms with E-state index in [1.165, 1.54) is 21.3 Å². The van der Waals surface area contributed by atoms with E-state index in [1.807, 2.05) is 29.2 Å². The fraction of sp³-hybridized carbons (Fsp3) is 0.500. The lowest BCUT2D eigenvalue weighted by atomic mass is 9.80. The number of carbonyl (C=O) groups is 1. The summed E-state index contributed by atoms with van der Waals surface area (Å²) in [5.41, 5.74) is 7.33. The second kappa shape index (κ2) is 10.5. The fourth-order valence-electron chi connectivity index (χ4n) is 5.09. The zero-order valence-corrected chi connectivity index (χ0v) is 20.3. The number of hydrogen-bond donors (Lipinski definition) is 2. The first-order valence-corrected chi connectivity index (χ1v) is 11.8. The number of piperidine rings is 1. The summed E-state index contributed by atoms with van der Waals surface area (Å²) >= 11 is 0. The Morgan fingerprint density at radius 1 is 1.06 bits per heavy atom. The van der Waals surface area contributed by atoms with Gasteiger partial charge in [-0.1, -0.05) is 12.1 Å². The summed E-state index contributed by atoms with van der Waals surface area (Å²) in [6, 6.07) is 9.40. The molecule has 2 fully saturated rings. The number of likely N-dealkylation sites (tertiary alicyclic amines) is 1. The lowest BCUT2D eigenvalue weighted by molar-refractivity contribution is 0.0759. The van der Waals surface area contributed by atoms with Gasteiger partial charge in [0, 0.05) is 31.1 Å². The van der Waals surface area contributed by atoms with Gasteiger partial charge in [-0.3, -0.25) is 4.79 Å². The highest BCUT2D eigenvalue weighted by molar-refractivity contribution is 5.99. The van der Waals surface area contributed by atoms with Crippen LogP contribution in [-0.4, -0.2) is 64.9 Å². The minimum absolute atomic E-state index is 0.0941. The average Bonchev–Trinajstić information content (AvgIpc) is 3.27. The minimum Gasteiger partial charge on any atom is -0.492 e. The van der Waals surface area contributed by atoms with Crippen LogP contribution >= 0.6 is 0 Å². The Hall–Kier alpha value is -2.97. The van der Waals surface area contributed by atoms with Gasteiger partial charge in [0.25, 0.3) is 5.91 Å². The number of ether oxygens (including phenoxy) is 4. The third-order valence-electron chi connectivity index (χ3n) is 6.87. The summed E-state index contributed by atoms with van der Waals surface area (Å²) in [5.74, 6) is 1.97. The Kier molecular flexibility index (Phi) is 7.48. The molecule has 4 rings (SSSR count). The standard InChI is InChI=1S/C26H35N3O5/c1-31-22-20(25(30)29-14-11-26(17-29)10-4-13-28-16-26)15-21(23(32-2)24(22)33-3)34-19-7-5-18(6-8-19)9-12-27/h5-8,15,28H,4,9-14,16-17,27H2,1-3H3. The van der Waals surface area contributed by atoms with E-state index >= 15 is 0 Å². The topological polar surface area (TPSA) is 95.3 Å². The Labute approximate surface area is 201 Å². The van der Waals surface area contributed by atoms with Crippen molar-refractivity contribution in [1.29, 1.82) is 0 Å². The van der Waals surface area contributed by atoms with Crippen LogP contribution in [0.2, 0.25) is 0 Å². The largest absolute Gasteiger partial charge is 0.492 e. The van der Waals surface area contributed by atoms with Crippen molar-refractivity contribution in [3.05, 3.63) is 41.5 Å². The van der Waals surface area contributed by atoms with Crippen LogP contribution in [0, 0.1) is 5.41 Å². The summed E-state index contributed by atoms with van der Waals surface area (Å²) in [4.78, 5) is 15.6. The predicted molar refractivity (Wildman–Crippen MR) is 130 cm³/mol. The van der Waals surface area contributed by atoms with E-state index in [2.05, 4.69) is 5.32 Å². The highest BCUT2D eigenvalue weighted by Crippen LogP contribution is 2.49. The van der Waals surface area contributed by atoms with Crippen molar-refractivity contribution in [3.8, 4) is 28.7 Å². The Morgan fingerprint density at radius 3 is 2.41 bits per heavy atom. The van der Waals surface area contributed by atoms with E-state index in [9.17, 15) is 4.79 Å². The summed E-state index contributed by atoms with van der Waals surface area (Å²) < 4.78 is 23.1. The van der Waals surface area contributed by atoms with Crippen LogP contribution < -0.4 is 30.0 Å². The molecule has 184 valence electrons. The predicted octanol–water partition coefficient (Wildman–Crippen LogP) is 3.22. The first-order chi connectivity index (χ1) is 16.5. The molecule has 0 radical (unpaired) electrons. The molecule has 0 bridgehead atoms. The van der Waals surface area contributed by atoms with Gasteiger partial charge < -0.3 is 34.9 Å². The smallest absolute Gasteiger partial charge is 0.257 e. The monoisotopic (exact) mass is 469 g/mol. The van der Waals surface area contributed by atoms with Crippen molar-refractivity contribution < 1.29 is 23.7 Å². The van der Waals surface area contributed by atoms with Crippen LogP contribution in [-0.2, 0) is 6.42 Å². The normalized spacial score (nSPS) is 19.8.